The van der Waals surface area contributed by atoms with E-state index in [1.54, 1.807) is 19.1 Å². The average Bonchev–Trinajstić information content (AvgIpc) is 2.60. The number of esters is 1. The van der Waals surface area contributed by atoms with Crippen molar-refractivity contribution < 1.29 is 23.1 Å². The molecule has 0 fully saturated rings. The van der Waals surface area contributed by atoms with Gasteiger partial charge in [0.15, 0.2) is 0 Å². The molecule has 2 aromatic carbocycles. The predicted molar refractivity (Wildman–Crippen MR) is 98.3 cm³/mol. The number of aliphatic hydroxyl groups is 1. The lowest BCUT2D eigenvalue weighted by molar-refractivity contribution is 0.0526. The molecule has 2 rings (SSSR count). The summed E-state index contributed by atoms with van der Waals surface area (Å²) in [5.41, 5.74) is 6.93. The number of nitrogens with two attached hydrogens (primary N) is 1. The number of nitrogens with zero attached hydrogens (tertiary/aromatic N) is 1. The normalized spacial score (nSPS) is 12.5. The van der Waals surface area contributed by atoms with Crippen LogP contribution in [-0.2, 0) is 14.8 Å². The summed E-state index contributed by atoms with van der Waals surface area (Å²) in [5, 5.41) is 9.55. The molecule has 0 aromatic heterocycles. The van der Waals surface area contributed by atoms with Gasteiger partial charge in [0, 0.05) is 0 Å². The van der Waals surface area contributed by atoms with E-state index in [1.165, 1.54) is 36.4 Å². The second-order valence-electron chi connectivity index (χ2n) is 5.68. The summed E-state index contributed by atoms with van der Waals surface area (Å²) in [6.07, 6.45) is -1.36. The Morgan fingerprint density at radius 2 is 1.73 bits per heavy atom. The lowest BCUT2D eigenvalue weighted by Crippen LogP contribution is -2.41. The van der Waals surface area contributed by atoms with Crippen molar-refractivity contribution in [3.05, 3.63) is 59.7 Å². The molecule has 0 aliphatic carbocycles. The van der Waals surface area contributed by atoms with Gasteiger partial charge < -0.3 is 15.6 Å². The quantitative estimate of drug-likeness (QED) is 0.560. The molecule has 0 aliphatic heterocycles. The minimum Gasteiger partial charge on any atom is -0.462 e. The summed E-state index contributed by atoms with van der Waals surface area (Å²) in [7, 11) is -3.93. The highest BCUT2D eigenvalue weighted by Gasteiger charge is 2.26. The van der Waals surface area contributed by atoms with Crippen LogP contribution in [0.5, 0.6) is 0 Å². The van der Waals surface area contributed by atoms with Crippen LogP contribution in [0, 0.1) is 6.92 Å². The molecular formula is C18H22N2O5S. The van der Waals surface area contributed by atoms with Crippen LogP contribution in [0.1, 0.15) is 22.8 Å². The molecule has 0 radical (unpaired) electrons. The van der Waals surface area contributed by atoms with E-state index in [0.717, 1.165) is 9.87 Å². The number of aliphatic hydroxyl groups excluding tert-OH is 1. The molecule has 0 amide bonds. The van der Waals surface area contributed by atoms with E-state index in [-0.39, 0.29) is 23.7 Å². The van der Waals surface area contributed by atoms with E-state index in [4.69, 9.17) is 10.5 Å². The first kappa shape index (κ1) is 19.9. The van der Waals surface area contributed by atoms with Gasteiger partial charge in [-0.2, -0.15) is 0 Å². The Kier molecular flexibility index (Phi) is 6.36. The summed E-state index contributed by atoms with van der Waals surface area (Å²) >= 11 is 0. The van der Waals surface area contributed by atoms with Gasteiger partial charge in [0.05, 0.1) is 29.3 Å². The van der Waals surface area contributed by atoms with Gasteiger partial charge in [-0.3, -0.25) is 4.31 Å². The van der Waals surface area contributed by atoms with Crippen LogP contribution in [-0.4, -0.2) is 38.9 Å². The highest BCUT2D eigenvalue weighted by molar-refractivity contribution is 7.92. The smallest absolute Gasteiger partial charge is 0.338 e. The largest absolute Gasteiger partial charge is 0.462 e. The number of anilines is 1. The first-order valence-corrected chi connectivity index (χ1v) is 9.50. The lowest BCUT2D eigenvalue weighted by Gasteiger charge is -2.25. The Morgan fingerprint density at radius 1 is 1.15 bits per heavy atom. The van der Waals surface area contributed by atoms with Crippen molar-refractivity contribution in [2.45, 2.75) is 25.0 Å². The summed E-state index contributed by atoms with van der Waals surface area (Å²) in [6.45, 7) is 3.47. The second kappa shape index (κ2) is 8.31. The van der Waals surface area contributed by atoms with Crippen molar-refractivity contribution in [1.29, 1.82) is 0 Å². The Labute approximate surface area is 153 Å². The molecule has 0 heterocycles. The molecule has 0 bridgehead atoms. The van der Waals surface area contributed by atoms with Crippen molar-refractivity contribution in [3.8, 4) is 0 Å². The lowest BCUT2D eigenvalue weighted by atomic mass is 10.2. The van der Waals surface area contributed by atoms with Gasteiger partial charge in [0.25, 0.3) is 10.0 Å². The second-order valence-corrected chi connectivity index (χ2v) is 7.55. The zero-order valence-corrected chi connectivity index (χ0v) is 15.4. The van der Waals surface area contributed by atoms with Gasteiger partial charge in [-0.15, -0.1) is 0 Å². The monoisotopic (exact) mass is 378 g/mol. The van der Waals surface area contributed by atoms with E-state index in [1.807, 2.05) is 6.92 Å². The number of aryl methyl sites for hydroxylation is 1. The van der Waals surface area contributed by atoms with Crippen LogP contribution >= 0.6 is 0 Å². The molecule has 7 nitrogen and oxygen atoms in total. The maximum absolute atomic E-state index is 13.0. The van der Waals surface area contributed by atoms with Crippen molar-refractivity contribution in [3.63, 3.8) is 0 Å². The highest BCUT2D eigenvalue weighted by atomic mass is 32.2. The first-order chi connectivity index (χ1) is 12.3. The number of hydrogen-bond acceptors (Lipinski definition) is 6. The Balaban J connectivity index is 2.41. The number of benzene rings is 2. The van der Waals surface area contributed by atoms with E-state index < -0.39 is 22.2 Å². The van der Waals surface area contributed by atoms with Crippen molar-refractivity contribution in [2.75, 3.05) is 17.5 Å². The molecule has 0 spiro atoms. The molecule has 26 heavy (non-hydrogen) atoms. The number of sulfonamides is 1. The van der Waals surface area contributed by atoms with Gasteiger partial charge in [0.1, 0.15) is 6.23 Å². The molecule has 3 N–H and O–H groups in total. The van der Waals surface area contributed by atoms with Gasteiger partial charge in [-0.05, 0) is 50.2 Å². The summed E-state index contributed by atoms with van der Waals surface area (Å²) in [5.74, 6) is -0.495. The van der Waals surface area contributed by atoms with Crippen molar-refractivity contribution >= 4 is 21.7 Å². The maximum atomic E-state index is 13.0. The summed E-state index contributed by atoms with van der Waals surface area (Å²) < 4.78 is 31.9. The van der Waals surface area contributed by atoms with Crippen LogP contribution in [0.3, 0.4) is 0 Å². The molecular weight excluding hydrogens is 356 g/mol. The fourth-order valence-electron chi connectivity index (χ4n) is 2.33. The minimum atomic E-state index is -3.93. The molecule has 140 valence electrons. The van der Waals surface area contributed by atoms with E-state index >= 15 is 0 Å². The molecule has 8 heteroatoms. The van der Waals surface area contributed by atoms with E-state index in [9.17, 15) is 18.3 Å². The van der Waals surface area contributed by atoms with Gasteiger partial charge >= 0.3 is 5.97 Å². The predicted octanol–water partition coefficient (Wildman–Crippen LogP) is 1.64. The molecule has 1 unspecified atom stereocenters. The molecule has 0 saturated carbocycles. The summed E-state index contributed by atoms with van der Waals surface area (Å²) in [4.78, 5) is 11.8. The number of hydrogen-bond donors (Lipinski definition) is 2. The number of rotatable bonds is 7. The molecule has 0 saturated heterocycles. The zero-order valence-electron chi connectivity index (χ0n) is 14.6. The third-order valence-electron chi connectivity index (χ3n) is 3.63. The third-order valence-corrected chi connectivity index (χ3v) is 5.44. The standard InChI is InChI=1S/C18H22N2O5S/c1-3-25-18(22)14-6-8-15(9-7-14)20(12-17(19)21)26(23,24)16-10-4-13(2)5-11-16/h4-11,17,21H,3,12,19H2,1-2H3. The summed E-state index contributed by atoms with van der Waals surface area (Å²) in [6, 6.07) is 12.2. The number of carbonyl (C=O) groups excluding carboxylic acids is 1. The Hall–Kier alpha value is -2.42. The van der Waals surface area contributed by atoms with Gasteiger partial charge in [0.2, 0.25) is 0 Å². The van der Waals surface area contributed by atoms with Crippen LogP contribution in [0.2, 0.25) is 0 Å². The van der Waals surface area contributed by atoms with E-state index in [0.29, 0.717) is 5.56 Å². The van der Waals surface area contributed by atoms with Crippen LogP contribution in [0.15, 0.2) is 53.4 Å². The fraction of sp³-hybridized carbons (Fsp3) is 0.278. The van der Waals surface area contributed by atoms with Crippen molar-refractivity contribution in [2.24, 2.45) is 5.73 Å². The van der Waals surface area contributed by atoms with E-state index in [2.05, 4.69) is 0 Å². The number of carbonyl (C=O) groups is 1. The van der Waals surface area contributed by atoms with Gasteiger partial charge in [-0.1, -0.05) is 17.7 Å². The topological polar surface area (TPSA) is 110 Å². The SMILES string of the molecule is CCOC(=O)c1ccc(N(CC(N)O)S(=O)(=O)c2ccc(C)cc2)cc1. The Bertz CT molecular complexity index is 846. The highest BCUT2D eigenvalue weighted by Crippen LogP contribution is 2.24. The Morgan fingerprint density at radius 3 is 2.23 bits per heavy atom. The third kappa shape index (κ3) is 4.60. The maximum Gasteiger partial charge on any atom is 0.338 e. The molecule has 0 aliphatic rings. The average molecular weight is 378 g/mol. The fourth-order valence-corrected chi connectivity index (χ4v) is 3.81. The van der Waals surface area contributed by atoms with Crippen LogP contribution in [0.25, 0.3) is 0 Å². The minimum absolute atomic E-state index is 0.0817. The van der Waals surface area contributed by atoms with Crippen LogP contribution in [0.4, 0.5) is 5.69 Å². The first-order valence-electron chi connectivity index (χ1n) is 8.06. The molecule has 2 aromatic rings. The number of ether oxygens (including phenoxy) is 1. The van der Waals surface area contributed by atoms with Gasteiger partial charge in [-0.25, -0.2) is 13.2 Å². The zero-order chi connectivity index (χ0) is 19.3. The van der Waals surface area contributed by atoms with Crippen LogP contribution < -0.4 is 10.0 Å². The molecule has 1 atom stereocenters. The van der Waals surface area contributed by atoms with Crippen molar-refractivity contribution in [1.82, 2.24) is 0 Å².